The van der Waals surface area contributed by atoms with Crippen LogP contribution < -0.4 is 15.7 Å². The van der Waals surface area contributed by atoms with Crippen molar-refractivity contribution in [2.75, 3.05) is 17.7 Å². The van der Waals surface area contributed by atoms with Gasteiger partial charge in [0, 0.05) is 36.0 Å². The lowest BCUT2D eigenvalue weighted by Crippen LogP contribution is -2.19. The molecule has 6 nitrogen and oxygen atoms in total. The molecule has 0 radical (unpaired) electrons. The van der Waals surface area contributed by atoms with Crippen LogP contribution in [0.5, 0.6) is 5.75 Å². The first-order chi connectivity index (χ1) is 15.0. The van der Waals surface area contributed by atoms with Crippen LogP contribution in [0, 0.1) is 0 Å². The highest BCUT2D eigenvalue weighted by atomic mass is 32.2. The summed E-state index contributed by atoms with van der Waals surface area (Å²) >= 11 is 1.74. The standard InChI is InChI=1S/C24H23N3O3S/c1-26-21-13-10-18(16-22(21)27(2)24(26)29)25-23(28)17-8-11-19(12-9-17)30-14-15-31-20-6-4-3-5-7-20/h3-13,16H,14-15H2,1-2H3,(H,25,28). The number of hydrogen-bond donors (Lipinski definition) is 1. The summed E-state index contributed by atoms with van der Waals surface area (Å²) in [6, 6.07) is 22.7. The topological polar surface area (TPSA) is 65.3 Å². The molecule has 158 valence electrons. The number of thioether (sulfide) groups is 1. The number of nitrogens with zero attached hydrogens (tertiary/aromatic N) is 2. The van der Waals surface area contributed by atoms with Gasteiger partial charge in [-0.3, -0.25) is 13.9 Å². The molecule has 0 saturated heterocycles. The van der Waals surface area contributed by atoms with Crippen molar-refractivity contribution in [3.63, 3.8) is 0 Å². The van der Waals surface area contributed by atoms with Gasteiger partial charge in [-0.15, -0.1) is 11.8 Å². The summed E-state index contributed by atoms with van der Waals surface area (Å²) in [6.07, 6.45) is 0. The van der Waals surface area contributed by atoms with E-state index in [2.05, 4.69) is 17.4 Å². The number of ether oxygens (including phenoxy) is 1. The average Bonchev–Trinajstić information content (AvgIpc) is 3.01. The zero-order chi connectivity index (χ0) is 21.8. The van der Waals surface area contributed by atoms with Gasteiger partial charge in [-0.2, -0.15) is 0 Å². The summed E-state index contributed by atoms with van der Waals surface area (Å²) in [5, 5.41) is 2.89. The normalized spacial score (nSPS) is 10.9. The molecule has 7 heteroatoms. The zero-order valence-electron chi connectivity index (χ0n) is 17.4. The highest BCUT2D eigenvalue weighted by molar-refractivity contribution is 7.99. The van der Waals surface area contributed by atoms with Crippen molar-refractivity contribution in [2.45, 2.75) is 4.90 Å². The third-order valence-electron chi connectivity index (χ3n) is 5.01. The van der Waals surface area contributed by atoms with E-state index in [1.54, 1.807) is 71.4 Å². The summed E-state index contributed by atoms with van der Waals surface area (Å²) in [7, 11) is 3.44. The predicted octanol–water partition coefficient (Wildman–Crippen LogP) is 4.30. The number of imidazole rings is 1. The molecule has 31 heavy (non-hydrogen) atoms. The third-order valence-corrected chi connectivity index (χ3v) is 5.99. The number of rotatable bonds is 7. The number of aryl methyl sites for hydroxylation is 2. The van der Waals surface area contributed by atoms with Crippen molar-refractivity contribution >= 4 is 34.4 Å². The smallest absolute Gasteiger partial charge is 0.328 e. The predicted molar refractivity (Wildman–Crippen MR) is 125 cm³/mol. The number of amides is 1. The van der Waals surface area contributed by atoms with Crippen LogP contribution in [0.1, 0.15) is 10.4 Å². The quantitative estimate of drug-likeness (QED) is 0.349. The number of carbonyl (C=O) groups is 1. The highest BCUT2D eigenvalue weighted by Gasteiger charge is 2.11. The molecule has 1 amide bonds. The van der Waals surface area contributed by atoms with Gasteiger partial charge < -0.3 is 10.1 Å². The Balaban J connectivity index is 1.34. The van der Waals surface area contributed by atoms with Crippen LogP contribution in [0.25, 0.3) is 11.0 Å². The highest BCUT2D eigenvalue weighted by Crippen LogP contribution is 2.20. The monoisotopic (exact) mass is 433 g/mol. The van der Waals surface area contributed by atoms with Crippen LogP contribution in [-0.2, 0) is 14.1 Å². The molecule has 1 aromatic heterocycles. The lowest BCUT2D eigenvalue weighted by molar-refractivity contribution is 0.102. The minimum Gasteiger partial charge on any atom is -0.493 e. The Bertz CT molecular complexity index is 1260. The SMILES string of the molecule is Cn1c(=O)n(C)c2cc(NC(=O)c3ccc(OCCSc4ccccc4)cc3)ccc21. The summed E-state index contributed by atoms with van der Waals surface area (Å²) in [5.41, 5.74) is 2.65. The van der Waals surface area contributed by atoms with Gasteiger partial charge in [0.15, 0.2) is 0 Å². The molecule has 0 saturated carbocycles. The van der Waals surface area contributed by atoms with E-state index in [1.807, 2.05) is 24.3 Å². The van der Waals surface area contributed by atoms with Gasteiger partial charge in [0.25, 0.3) is 5.91 Å². The van der Waals surface area contributed by atoms with Gasteiger partial charge in [-0.05, 0) is 54.6 Å². The molecule has 0 atom stereocenters. The van der Waals surface area contributed by atoms with Gasteiger partial charge in [-0.1, -0.05) is 18.2 Å². The molecule has 0 aliphatic rings. The molecule has 4 aromatic rings. The van der Waals surface area contributed by atoms with Crippen LogP contribution in [-0.4, -0.2) is 27.4 Å². The zero-order valence-corrected chi connectivity index (χ0v) is 18.2. The van der Waals surface area contributed by atoms with Crippen LogP contribution in [0.15, 0.2) is 82.5 Å². The summed E-state index contributed by atoms with van der Waals surface area (Å²) in [6.45, 7) is 0.584. The Morgan fingerprint density at radius 2 is 1.65 bits per heavy atom. The first-order valence-corrected chi connectivity index (χ1v) is 10.9. The van der Waals surface area contributed by atoms with Crippen molar-refractivity contribution in [1.82, 2.24) is 9.13 Å². The summed E-state index contributed by atoms with van der Waals surface area (Å²) < 4.78 is 8.91. The fraction of sp³-hybridized carbons (Fsp3) is 0.167. The molecular weight excluding hydrogens is 410 g/mol. The fourth-order valence-corrected chi connectivity index (χ4v) is 4.08. The van der Waals surface area contributed by atoms with E-state index in [-0.39, 0.29) is 11.6 Å². The number of anilines is 1. The number of carbonyl (C=O) groups excluding carboxylic acids is 1. The van der Waals surface area contributed by atoms with Crippen molar-refractivity contribution in [3.05, 3.63) is 88.8 Å². The molecule has 0 unspecified atom stereocenters. The first kappa shape index (κ1) is 20.8. The van der Waals surface area contributed by atoms with E-state index in [4.69, 9.17) is 4.74 Å². The van der Waals surface area contributed by atoms with Gasteiger partial charge in [0.05, 0.1) is 17.6 Å². The van der Waals surface area contributed by atoms with Crippen molar-refractivity contribution in [1.29, 1.82) is 0 Å². The van der Waals surface area contributed by atoms with Gasteiger partial charge >= 0.3 is 5.69 Å². The Morgan fingerprint density at radius 1 is 0.935 bits per heavy atom. The van der Waals surface area contributed by atoms with Crippen LogP contribution >= 0.6 is 11.8 Å². The molecule has 4 rings (SSSR count). The molecule has 1 heterocycles. The van der Waals surface area contributed by atoms with Crippen molar-refractivity contribution in [3.8, 4) is 5.75 Å². The van der Waals surface area contributed by atoms with Gasteiger partial charge in [-0.25, -0.2) is 4.79 Å². The van der Waals surface area contributed by atoms with E-state index in [1.165, 1.54) is 4.90 Å². The Kier molecular flexibility index (Phi) is 6.13. The molecule has 3 aromatic carbocycles. The molecule has 0 aliphatic heterocycles. The van der Waals surface area contributed by atoms with E-state index in [0.29, 0.717) is 17.9 Å². The van der Waals surface area contributed by atoms with E-state index >= 15 is 0 Å². The van der Waals surface area contributed by atoms with Crippen LogP contribution in [0.4, 0.5) is 5.69 Å². The minimum absolute atomic E-state index is 0.101. The Hall–Kier alpha value is -3.45. The second kappa shape index (κ2) is 9.14. The second-order valence-electron chi connectivity index (χ2n) is 7.09. The Labute approximate surface area is 184 Å². The first-order valence-electron chi connectivity index (χ1n) is 9.90. The lowest BCUT2D eigenvalue weighted by Gasteiger charge is -2.08. The minimum atomic E-state index is -0.216. The number of fused-ring (bicyclic) bond motifs is 1. The molecule has 0 spiro atoms. The lowest BCUT2D eigenvalue weighted by atomic mass is 10.2. The van der Waals surface area contributed by atoms with E-state index in [0.717, 1.165) is 22.5 Å². The molecule has 1 N–H and O–H groups in total. The molecule has 0 bridgehead atoms. The summed E-state index contributed by atoms with van der Waals surface area (Å²) in [5.74, 6) is 1.36. The molecule has 0 aliphatic carbocycles. The molecular formula is C24H23N3O3S. The number of benzene rings is 3. The largest absolute Gasteiger partial charge is 0.493 e. The van der Waals surface area contributed by atoms with Crippen molar-refractivity contribution < 1.29 is 9.53 Å². The van der Waals surface area contributed by atoms with E-state index < -0.39 is 0 Å². The number of hydrogen-bond acceptors (Lipinski definition) is 4. The Morgan fingerprint density at radius 3 is 2.39 bits per heavy atom. The third kappa shape index (κ3) is 4.67. The van der Waals surface area contributed by atoms with E-state index in [9.17, 15) is 9.59 Å². The van der Waals surface area contributed by atoms with Crippen LogP contribution in [0.3, 0.4) is 0 Å². The maximum absolute atomic E-state index is 12.6. The fourth-order valence-electron chi connectivity index (χ4n) is 3.33. The van der Waals surface area contributed by atoms with Crippen LogP contribution in [0.2, 0.25) is 0 Å². The number of nitrogens with one attached hydrogen (secondary N) is 1. The van der Waals surface area contributed by atoms with Crippen molar-refractivity contribution in [2.24, 2.45) is 14.1 Å². The summed E-state index contributed by atoms with van der Waals surface area (Å²) in [4.78, 5) is 25.9. The average molecular weight is 434 g/mol. The molecule has 0 fully saturated rings. The number of aromatic nitrogens is 2. The maximum Gasteiger partial charge on any atom is 0.328 e. The van der Waals surface area contributed by atoms with Gasteiger partial charge in [0.2, 0.25) is 0 Å². The van der Waals surface area contributed by atoms with Gasteiger partial charge in [0.1, 0.15) is 5.75 Å². The second-order valence-corrected chi connectivity index (χ2v) is 8.26. The maximum atomic E-state index is 12.6.